The zero-order chi connectivity index (χ0) is 15.2. The third kappa shape index (κ3) is 2.36. The molecular formula is C21H26O. The topological polar surface area (TPSA) is 9.23 Å². The summed E-state index contributed by atoms with van der Waals surface area (Å²) >= 11 is 0. The van der Waals surface area contributed by atoms with Gasteiger partial charge in [0.25, 0.3) is 0 Å². The van der Waals surface area contributed by atoms with Gasteiger partial charge in [0.05, 0.1) is 11.7 Å². The van der Waals surface area contributed by atoms with Crippen LogP contribution in [-0.2, 0) is 11.2 Å². The molecule has 2 aliphatic rings. The van der Waals surface area contributed by atoms with Crippen LogP contribution in [-0.4, -0.2) is 5.60 Å². The van der Waals surface area contributed by atoms with Crippen molar-refractivity contribution in [1.82, 2.24) is 0 Å². The molecule has 1 unspecified atom stereocenters. The second-order valence-electron chi connectivity index (χ2n) is 7.61. The Hall–Kier alpha value is -1.34. The van der Waals surface area contributed by atoms with Gasteiger partial charge in [0.15, 0.2) is 0 Å². The van der Waals surface area contributed by atoms with Crippen LogP contribution < -0.4 is 0 Å². The second-order valence-corrected chi connectivity index (χ2v) is 7.61. The van der Waals surface area contributed by atoms with Gasteiger partial charge in [-0.3, -0.25) is 0 Å². The van der Waals surface area contributed by atoms with Crippen LogP contribution in [0.2, 0.25) is 0 Å². The summed E-state index contributed by atoms with van der Waals surface area (Å²) in [6, 6.07) is 13.2. The Morgan fingerprint density at radius 3 is 2.55 bits per heavy atom. The maximum Gasteiger partial charge on any atom is 0.0881 e. The Kier molecular flexibility index (Phi) is 3.49. The van der Waals surface area contributed by atoms with Crippen molar-refractivity contribution in [3.8, 4) is 0 Å². The molecule has 0 radical (unpaired) electrons. The molecule has 0 bridgehead atoms. The van der Waals surface area contributed by atoms with Crippen LogP contribution >= 0.6 is 0 Å². The van der Waals surface area contributed by atoms with Gasteiger partial charge in [-0.25, -0.2) is 0 Å². The average Bonchev–Trinajstić information content (AvgIpc) is 2.52. The van der Waals surface area contributed by atoms with Crippen molar-refractivity contribution in [3.05, 3.63) is 47.5 Å². The SMILES string of the molecule is CC(C)(OC1Cc2ccc3ccccc3c21)C1CCCCC1. The Morgan fingerprint density at radius 2 is 1.73 bits per heavy atom. The smallest absolute Gasteiger partial charge is 0.0881 e. The molecule has 1 nitrogen and oxygen atoms in total. The molecule has 0 saturated heterocycles. The minimum atomic E-state index is -0.000276. The molecule has 2 aromatic rings. The number of rotatable bonds is 3. The highest BCUT2D eigenvalue weighted by Gasteiger charge is 2.38. The maximum absolute atomic E-state index is 6.65. The quantitative estimate of drug-likeness (QED) is 0.694. The molecule has 2 aliphatic carbocycles. The summed E-state index contributed by atoms with van der Waals surface area (Å²) in [5.74, 6) is 0.722. The predicted octanol–water partition coefficient (Wildman–Crippen LogP) is 5.81. The monoisotopic (exact) mass is 294 g/mol. The number of fused-ring (bicyclic) bond motifs is 3. The maximum atomic E-state index is 6.65. The van der Waals surface area contributed by atoms with Crippen LogP contribution in [0.15, 0.2) is 36.4 Å². The Labute approximate surface area is 133 Å². The van der Waals surface area contributed by atoms with E-state index in [1.165, 1.54) is 54.0 Å². The van der Waals surface area contributed by atoms with E-state index in [0.717, 1.165) is 12.3 Å². The standard InChI is InChI=1S/C21H26O/c1-21(2,17-9-4-3-5-10-17)22-19-14-16-13-12-15-8-6-7-11-18(15)20(16)19/h6-8,11-13,17,19H,3-5,9-10,14H2,1-2H3. The van der Waals surface area contributed by atoms with E-state index in [9.17, 15) is 0 Å². The van der Waals surface area contributed by atoms with Crippen molar-refractivity contribution < 1.29 is 4.74 Å². The first-order valence-electron chi connectivity index (χ1n) is 8.83. The molecule has 0 aromatic heterocycles. The minimum absolute atomic E-state index is 0.000276. The van der Waals surface area contributed by atoms with Gasteiger partial charge in [-0.05, 0) is 54.5 Å². The highest BCUT2D eigenvalue weighted by molar-refractivity contribution is 5.88. The molecule has 22 heavy (non-hydrogen) atoms. The van der Waals surface area contributed by atoms with Gasteiger partial charge >= 0.3 is 0 Å². The molecule has 0 N–H and O–H groups in total. The number of hydrogen-bond donors (Lipinski definition) is 0. The van der Waals surface area contributed by atoms with E-state index in [1.807, 2.05) is 0 Å². The van der Waals surface area contributed by atoms with E-state index in [2.05, 4.69) is 50.2 Å². The largest absolute Gasteiger partial charge is 0.367 e. The summed E-state index contributed by atoms with van der Waals surface area (Å²) in [4.78, 5) is 0. The van der Waals surface area contributed by atoms with Gasteiger partial charge < -0.3 is 4.74 Å². The lowest BCUT2D eigenvalue weighted by Gasteiger charge is -2.43. The summed E-state index contributed by atoms with van der Waals surface area (Å²) in [7, 11) is 0. The first-order valence-corrected chi connectivity index (χ1v) is 8.83. The summed E-state index contributed by atoms with van der Waals surface area (Å²) in [6.07, 6.45) is 8.20. The van der Waals surface area contributed by atoms with Gasteiger partial charge in [0, 0.05) is 6.42 Å². The highest BCUT2D eigenvalue weighted by atomic mass is 16.5. The van der Waals surface area contributed by atoms with Crippen molar-refractivity contribution in [2.24, 2.45) is 5.92 Å². The molecule has 1 saturated carbocycles. The molecule has 0 amide bonds. The van der Waals surface area contributed by atoms with E-state index >= 15 is 0 Å². The second kappa shape index (κ2) is 5.38. The molecule has 4 rings (SSSR count). The Bertz CT molecular complexity index is 679. The summed E-state index contributed by atoms with van der Waals surface area (Å²) in [6.45, 7) is 4.62. The molecule has 0 aliphatic heterocycles. The number of ether oxygens (including phenoxy) is 1. The summed E-state index contributed by atoms with van der Waals surface area (Å²) in [5, 5.41) is 2.72. The number of benzene rings is 2. The minimum Gasteiger partial charge on any atom is -0.367 e. The van der Waals surface area contributed by atoms with Gasteiger partial charge in [-0.15, -0.1) is 0 Å². The van der Waals surface area contributed by atoms with Crippen LogP contribution in [0.3, 0.4) is 0 Å². The zero-order valence-electron chi connectivity index (χ0n) is 13.8. The lowest BCUT2D eigenvalue weighted by atomic mass is 9.77. The molecule has 1 heteroatoms. The first-order chi connectivity index (χ1) is 10.6. The zero-order valence-corrected chi connectivity index (χ0v) is 13.8. The van der Waals surface area contributed by atoms with E-state index in [-0.39, 0.29) is 11.7 Å². The lowest BCUT2D eigenvalue weighted by Crippen LogP contribution is -2.39. The molecule has 1 fully saturated rings. The fourth-order valence-corrected chi connectivity index (χ4v) is 4.43. The van der Waals surface area contributed by atoms with Gasteiger partial charge in [-0.1, -0.05) is 55.7 Å². The van der Waals surface area contributed by atoms with E-state index in [0.29, 0.717) is 0 Å². The van der Waals surface area contributed by atoms with Crippen LogP contribution in [0.25, 0.3) is 10.8 Å². The number of hydrogen-bond acceptors (Lipinski definition) is 1. The fourth-order valence-electron chi connectivity index (χ4n) is 4.43. The van der Waals surface area contributed by atoms with Crippen molar-refractivity contribution in [2.75, 3.05) is 0 Å². The highest BCUT2D eigenvalue weighted by Crippen LogP contribution is 2.45. The molecular weight excluding hydrogens is 268 g/mol. The lowest BCUT2D eigenvalue weighted by molar-refractivity contribution is -0.122. The fraction of sp³-hybridized carbons (Fsp3) is 0.524. The van der Waals surface area contributed by atoms with E-state index < -0.39 is 0 Å². The van der Waals surface area contributed by atoms with Crippen LogP contribution in [0.1, 0.15) is 63.2 Å². The van der Waals surface area contributed by atoms with Crippen molar-refractivity contribution in [3.63, 3.8) is 0 Å². The van der Waals surface area contributed by atoms with Crippen molar-refractivity contribution in [2.45, 2.75) is 64.1 Å². The molecule has 116 valence electrons. The Morgan fingerprint density at radius 1 is 0.955 bits per heavy atom. The molecule has 1 atom stereocenters. The van der Waals surface area contributed by atoms with Gasteiger partial charge in [0.1, 0.15) is 0 Å². The summed E-state index contributed by atoms with van der Waals surface area (Å²) < 4.78 is 6.65. The predicted molar refractivity (Wildman–Crippen MR) is 92.1 cm³/mol. The van der Waals surface area contributed by atoms with Crippen molar-refractivity contribution in [1.29, 1.82) is 0 Å². The van der Waals surface area contributed by atoms with Gasteiger partial charge in [0.2, 0.25) is 0 Å². The average molecular weight is 294 g/mol. The van der Waals surface area contributed by atoms with E-state index in [4.69, 9.17) is 4.74 Å². The normalized spacial score (nSPS) is 22.4. The third-order valence-electron chi connectivity index (χ3n) is 5.82. The van der Waals surface area contributed by atoms with Crippen LogP contribution in [0.4, 0.5) is 0 Å². The molecule has 2 aromatic carbocycles. The van der Waals surface area contributed by atoms with Crippen LogP contribution in [0.5, 0.6) is 0 Å². The van der Waals surface area contributed by atoms with Crippen LogP contribution in [0, 0.1) is 5.92 Å². The molecule has 0 heterocycles. The summed E-state index contributed by atoms with van der Waals surface area (Å²) in [5.41, 5.74) is 2.92. The third-order valence-corrected chi connectivity index (χ3v) is 5.82. The van der Waals surface area contributed by atoms with Gasteiger partial charge in [-0.2, -0.15) is 0 Å². The molecule has 0 spiro atoms. The van der Waals surface area contributed by atoms with Crippen molar-refractivity contribution >= 4 is 10.8 Å². The first kappa shape index (κ1) is 14.3. The Balaban J connectivity index is 1.59. The van der Waals surface area contributed by atoms with E-state index in [1.54, 1.807) is 0 Å².